The van der Waals surface area contributed by atoms with Crippen LogP contribution in [0.15, 0.2) is 152 Å². The van der Waals surface area contributed by atoms with Crippen molar-refractivity contribution in [2.24, 2.45) is 29.1 Å². The Morgan fingerprint density at radius 2 is 1.15 bits per heavy atom. The summed E-state index contributed by atoms with van der Waals surface area (Å²) in [6.45, 7) is 4.78. The largest absolute Gasteiger partial charge is 0.310 e. The Labute approximate surface area is 318 Å². The minimum absolute atomic E-state index is 0.0712. The summed E-state index contributed by atoms with van der Waals surface area (Å²) in [5.74, 6) is 3.47. The maximum absolute atomic E-state index is 2.62. The molecule has 4 fully saturated rings. The summed E-state index contributed by atoms with van der Waals surface area (Å²) < 4.78 is 0. The Balaban J connectivity index is 1.02. The summed E-state index contributed by atoms with van der Waals surface area (Å²) in [5.41, 5.74) is 18.7. The van der Waals surface area contributed by atoms with E-state index in [1.54, 1.807) is 11.1 Å². The molecular formula is C53H43N. The van der Waals surface area contributed by atoms with Crippen molar-refractivity contribution in [1.29, 1.82) is 0 Å². The fraction of sp³-hybridized carbons (Fsp3) is 0.245. The molecule has 13 rings (SSSR count). The lowest BCUT2D eigenvalue weighted by molar-refractivity contribution is -0.231. The van der Waals surface area contributed by atoms with Gasteiger partial charge in [0.1, 0.15) is 0 Å². The van der Waals surface area contributed by atoms with Crippen molar-refractivity contribution in [3.63, 3.8) is 0 Å². The third kappa shape index (κ3) is 3.45. The molecule has 0 saturated heterocycles. The van der Waals surface area contributed by atoms with Gasteiger partial charge in [-0.25, -0.2) is 0 Å². The average molecular weight is 694 g/mol. The summed E-state index contributed by atoms with van der Waals surface area (Å²) in [7, 11) is 0. The van der Waals surface area contributed by atoms with E-state index in [9.17, 15) is 0 Å². The van der Waals surface area contributed by atoms with Crippen LogP contribution >= 0.6 is 0 Å². The Bertz CT molecular complexity index is 2760. The van der Waals surface area contributed by atoms with Gasteiger partial charge in [-0.3, -0.25) is 0 Å². The van der Waals surface area contributed by atoms with Crippen LogP contribution in [-0.4, -0.2) is 0 Å². The number of hydrogen-bond acceptors (Lipinski definition) is 1. The van der Waals surface area contributed by atoms with Crippen molar-refractivity contribution in [2.45, 2.75) is 50.4 Å². The van der Waals surface area contributed by atoms with Gasteiger partial charge in [0.25, 0.3) is 0 Å². The van der Waals surface area contributed by atoms with Crippen LogP contribution in [0.2, 0.25) is 0 Å². The molecule has 6 aliphatic rings. The van der Waals surface area contributed by atoms with Gasteiger partial charge in [-0.15, -0.1) is 0 Å². The SMILES string of the molecule is CC1(C)c2ccccc2-c2ccc(N(c3ccc4c(c3)-c3ccc(-c5ccccc5)cc3C43C4CC5CC6CC3C64C5)c3ccc4ccccc4c3)cc21. The van der Waals surface area contributed by atoms with Crippen LogP contribution in [0.25, 0.3) is 44.2 Å². The summed E-state index contributed by atoms with van der Waals surface area (Å²) in [6, 6.07) is 58.2. The topological polar surface area (TPSA) is 3.24 Å². The van der Waals surface area contributed by atoms with E-state index in [-0.39, 0.29) is 10.8 Å². The normalized spacial score (nSPS) is 27.8. The van der Waals surface area contributed by atoms with Gasteiger partial charge >= 0.3 is 0 Å². The highest BCUT2D eigenvalue weighted by molar-refractivity contribution is 5.93. The highest BCUT2D eigenvalue weighted by Crippen LogP contribution is 2.89. The Morgan fingerprint density at radius 1 is 0.463 bits per heavy atom. The number of anilines is 3. The number of benzene rings is 7. The monoisotopic (exact) mass is 693 g/mol. The van der Waals surface area contributed by atoms with Crippen LogP contribution in [0.1, 0.15) is 61.8 Å². The molecule has 0 amide bonds. The van der Waals surface area contributed by atoms with Crippen LogP contribution < -0.4 is 4.90 Å². The first-order valence-electron chi connectivity index (χ1n) is 20.3. The first-order chi connectivity index (χ1) is 26.5. The van der Waals surface area contributed by atoms with Gasteiger partial charge in [0.15, 0.2) is 0 Å². The molecule has 0 heterocycles. The van der Waals surface area contributed by atoms with Gasteiger partial charge in [-0.1, -0.05) is 123 Å². The minimum atomic E-state index is -0.0712. The molecule has 1 heteroatoms. The number of fused-ring (bicyclic) bond motifs is 12. The molecule has 0 radical (unpaired) electrons. The zero-order chi connectivity index (χ0) is 35.6. The van der Waals surface area contributed by atoms with Crippen LogP contribution in [0.4, 0.5) is 17.1 Å². The van der Waals surface area contributed by atoms with Crippen molar-refractivity contribution < 1.29 is 0 Å². The predicted molar refractivity (Wildman–Crippen MR) is 223 cm³/mol. The highest BCUT2D eigenvalue weighted by Gasteiger charge is 2.84. The van der Waals surface area contributed by atoms with E-state index in [1.165, 1.54) is 98.0 Å². The Morgan fingerprint density at radius 3 is 2.04 bits per heavy atom. The van der Waals surface area contributed by atoms with Crippen molar-refractivity contribution in [3.05, 3.63) is 174 Å². The molecule has 0 aromatic heterocycles. The van der Waals surface area contributed by atoms with Crippen LogP contribution in [0.3, 0.4) is 0 Å². The van der Waals surface area contributed by atoms with Crippen molar-refractivity contribution in [3.8, 4) is 33.4 Å². The zero-order valence-corrected chi connectivity index (χ0v) is 31.0. The molecule has 2 spiro atoms. The molecule has 0 aliphatic heterocycles. The summed E-state index contributed by atoms with van der Waals surface area (Å²) in [4.78, 5) is 2.54. The lowest BCUT2D eigenvalue weighted by Gasteiger charge is -2.76. The minimum Gasteiger partial charge on any atom is -0.310 e. The van der Waals surface area contributed by atoms with E-state index < -0.39 is 0 Å². The number of rotatable bonds is 4. The molecule has 54 heavy (non-hydrogen) atoms. The van der Waals surface area contributed by atoms with E-state index in [1.807, 2.05) is 0 Å². The van der Waals surface area contributed by atoms with Gasteiger partial charge in [-0.2, -0.15) is 0 Å². The van der Waals surface area contributed by atoms with Crippen LogP contribution in [0.5, 0.6) is 0 Å². The fourth-order valence-electron chi connectivity index (χ4n) is 13.9. The first-order valence-corrected chi connectivity index (χ1v) is 20.3. The number of nitrogens with zero attached hydrogens (tertiary/aromatic N) is 1. The second-order valence-electron chi connectivity index (χ2n) is 18.2. The van der Waals surface area contributed by atoms with E-state index in [4.69, 9.17) is 0 Å². The molecule has 0 N–H and O–H groups in total. The molecule has 1 nitrogen and oxygen atoms in total. The number of hydrogen-bond donors (Lipinski definition) is 0. The average Bonchev–Trinajstić information content (AvgIpc) is 3.90. The molecule has 260 valence electrons. The molecule has 2 bridgehead atoms. The van der Waals surface area contributed by atoms with E-state index in [2.05, 4.69) is 170 Å². The maximum atomic E-state index is 2.62. The van der Waals surface area contributed by atoms with Crippen molar-refractivity contribution in [2.75, 3.05) is 4.90 Å². The lowest BCUT2D eigenvalue weighted by Crippen LogP contribution is -2.73. The van der Waals surface area contributed by atoms with Gasteiger partial charge < -0.3 is 4.90 Å². The van der Waals surface area contributed by atoms with Crippen LogP contribution in [-0.2, 0) is 10.8 Å². The zero-order valence-electron chi connectivity index (χ0n) is 31.0. The predicted octanol–water partition coefficient (Wildman–Crippen LogP) is 13.6. The molecule has 6 aliphatic carbocycles. The van der Waals surface area contributed by atoms with Gasteiger partial charge in [0.2, 0.25) is 0 Å². The van der Waals surface area contributed by atoms with Crippen molar-refractivity contribution >= 4 is 27.8 Å². The first kappa shape index (κ1) is 30.0. The molecule has 7 aromatic carbocycles. The van der Waals surface area contributed by atoms with E-state index >= 15 is 0 Å². The Hall–Kier alpha value is -5.40. The van der Waals surface area contributed by atoms with Crippen molar-refractivity contribution in [1.82, 2.24) is 0 Å². The molecule has 7 aromatic rings. The summed E-state index contributed by atoms with van der Waals surface area (Å²) in [6.07, 6.45) is 5.82. The van der Waals surface area contributed by atoms with Crippen LogP contribution in [0, 0.1) is 29.1 Å². The van der Waals surface area contributed by atoms with Gasteiger partial charge in [0.05, 0.1) is 0 Å². The highest BCUT2D eigenvalue weighted by atomic mass is 15.1. The van der Waals surface area contributed by atoms with Gasteiger partial charge in [0, 0.05) is 27.9 Å². The standard InChI is InChI=1S/C53H43N/c1-51(2)45-15-9-8-14-41(45)42-22-19-40(30-47(42)51)54(38-18-16-34-12-6-7-13-35(34)26-38)39-20-23-46-44(29-39)43-21-17-36(33-10-4-3-5-11-33)27-48(43)53(46)49-25-32-24-37-28-50(53)52(37,49)31-32/h3-23,26-27,29-30,32,37,49-50H,24-25,28,31H2,1-2H3. The summed E-state index contributed by atoms with van der Waals surface area (Å²) in [5, 5.41) is 2.54. The third-order valence-corrected chi connectivity index (χ3v) is 15.9. The quantitative estimate of drug-likeness (QED) is 0.177. The van der Waals surface area contributed by atoms with E-state index in [0.29, 0.717) is 5.41 Å². The summed E-state index contributed by atoms with van der Waals surface area (Å²) >= 11 is 0. The lowest BCUT2D eigenvalue weighted by atomic mass is 9.27. The maximum Gasteiger partial charge on any atom is 0.0468 e. The Kier molecular flexibility index (Phi) is 5.56. The molecular weight excluding hydrogens is 651 g/mol. The molecule has 6 unspecified atom stereocenters. The van der Waals surface area contributed by atoms with Gasteiger partial charge in [-0.05, 0) is 164 Å². The van der Waals surface area contributed by atoms with E-state index in [0.717, 1.165) is 23.7 Å². The molecule has 4 saturated carbocycles. The second-order valence-corrected chi connectivity index (χ2v) is 18.2. The fourth-order valence-corrected chi connectivity index (χ4v) is 13.9. The third-order valence-electron chi connectivity index (χ3n) is 15.9. The molecule has 6 atom stereocenters. The second kappa shape index (κ2) is 10.0. The smallest absolute Gasteiger partial charge is 0.0468 e.